The number of phenols is 2. The van der Waals surface area contributed by atoms with Crippen LogP contribution in [-0.2, 0) is 0 Å². The first-order valence-corrected chi connectivity index (χ1v) is 3.26. The number of phenolic OH excluding ortho intramolecular Hbond substituents is 2. The zero-order chi connectivity index (χ0) is 9.56. The lowest BCUT2D eigenvalue weighted by molar-refractivity contribution is 0.220. The van der Waals surface area contributed by atoms with E-state index in [4.69, 9.17) is 20.1 Å². The fourth-order valence-corrected chi connectivity index (χ4v) is 0.453. The molecule has 1 aromatic carbocycles. The Morgan fingerprint density at radius 1 is 1.08 bits per heavy atom. The van der Waals surface area contributed by atoms with Crippen molar-refractivity contribution in [1.82, 2.24) is 0 Å². The minimum absolute atomic E-state index is 0.169. The molecule has 0 saturated heterocycles. The van der Waals surface area contributed by atoms with Crippen molar-refractivity contribution in [2.45, 2.75) is 0 Å². The minimum atomic E-state index is -1.36. The van der Waals surface area contributed by atoms with E-state index in [0.717, 1.165) is 0 Å². The van der Waals surface area contributed by atoms with Crippen molar-refractivity contribution < 1.29 is 20.1 Å². The molecule has 0 radical (unpaired) electrons. The second-order valence-corrected chi connectivity index (χ2v) is 2.09. The van der Waals surface area contributed by atoms with Crippen LogP contribution in [-0.4, -0.2) is 20.7 Å². The Morgan fingerprint density at radius 3 is 1.42 bits per heavy atom. The Kier molecular flexibility index (Phi) is 4.64. The van der Waals surface area contributed by atoms with E-state index in [-0.39, 0.29) is 11.5 Å². The van der Waals surface area contributed by atoms with Crippen molar-refractivity contribution in [3.05, 3.63) is 24.3 Å². The first-order valence-electron chi connectivity index (χ1n) is 2.89. The van der Waals surface area contributed by atoms with E-state index in [2.05, 4.69) is 11.6 Å². The zero-order valence-electron chi connectivity index (χ0n) is 5.94. The molecule has 0 aliphatic rings. The number of halogens is 1. The molecule has 0 spiro atoms. The van der Waals surface area contributed by atoms with E-state index in [1.807, 2.05) is 0 Å². The SMILES string of the molecule is O=C(O)Cl.Oc1ccc(O)cc1. The van der Waals surface area contributed by atoms with E-state index >= 15 is 0 Å². The molecule has 1 rings (SSSR count). The minimum Gasteiger partial charge on any atom is -0.508 e. The third-order valence-electron chi connectivity index (χ3n) is 0.850. The summed E-state index contributed by atoms with van der Waals surface area (Å²) < 4.78 is 0. The summed E-state index contributed by atoms with van der Waals surface area (Å²) in [5.74, 6) is 0.339. The van der Waals surface area contributed by atoms with Gasteiger partial charge < -0.3 is 15.3 Å². The molecular formula is C7H7ClO4. The molecule has 0 atom stereocenters. The van der Waals surface area contributed by atoms with Crippen molar-refractivity contribution in [3.63, 3.8) is 0 Å². The van der Waals surface area contributed by atoms with Gasteiger partial charge in [0.05, 0.1) is 0 Å². The van der Waals surface area contributed by atoms with Gasteiger partial charge in [-0.15, -0.1) is 0 Å². The van der Waals surface area contributed by atoms with Crippen LogP contribution < -0.4 is 0 Å². The fourth-order valence-electron chi connectivity index (χ4n) is 0.453. The van der Waals surface area contributed by atoms with Gasteiger partial charge in [0.1, 0.15) is 11.5 Å². The highest BCUT2D eigenvalue weighted by Gasteiger charge is 1.84. The third kappa shape index (κ3) is 6.70. The standard InChI is InChI=1S/C6H6O2.CHClO2/c7-5-1-2-6(8)4-3-5;2-1(3)4/h1-4,7-8H;(H,3,4). The molecule has 4 nitrogen and oxygen atoms in total. The van der Waals surface area contributed by atoms with Gasteiger partial charge in [0, 0.05) is 11.6 Å². The molecular weight excluding hydrogens is 184 g/mol. The van der Waals surface area contributed by atoms with Crippen LogP contribution in [0.2, 0.25) is 0 Å². The highest BCUT2D eigenvalue weighted by atomic mass is 35.5. The van der Waals surface area contributed by atoms with Crippen LogP contribution in [0, 0.1) is 0 Å². The second kappa shape index (κ2) is 5.26. The summed E-state index contributed by atoms with van der Waals surface area (Å²) in [7, 11) is 0. The van der Waals surface area contributed by atoms with E-state index in [1.54, 1.807) is 0 Å². The van der Waals surface area contributed by atoms with Crippen LogP contribution >= 0.6 is 11.6 Å². The molecule has 0 amide bonds. The normalized spacial score (nSPS) is 8.08. The van der Waals surface area contributed by atoms with Crippen LogP contribution in [0.25, 0.3) is 0 Å². The summed E-state index contributed by atoms with van der Waals surface area (Å²) in [5, 5.41) is 24.5. The lowest BCUT2D eigenvalue weighted by Gasteiger charge is -1.88. The average molecular weight is 191 g/mol. The molecule has 0 aromatic heterocycles. The fraction of sp³-hybridized carbons (Fsp3) is 0. The Balaban J connectivity index is 0.000000261. The summed E-state index contributed by atoms with van der Waals surface area (Å²) in [6.07, 6.45) is 0. The highest BCUT2D eigenvalue weighted by Crippen LogP contribution is 2.13. The van der Waals surface area contributed by atoms with Gasteiger partial charge in [-0.1, -0.05) is 0 Å². The van der Waals surface area contributed by atoms with Gasteiger partial charge in [-0.2, -0.15) is 0 Å². The molecule has 0 aliphatic carbocycles. The van der Waals surface area contributed by atoms with Crippen molar-refractivity contribution in [1.29, 1.82) is 0 Å². The van der Waals surface area contributed by atoms with Crippen LogP contribution in [0.4, 0.5) is 4.79 Å². The number of aromatic hydroxyl groups is 2. The number of hydrogen-bond acceptors (Lipinski definition) is 3. The molecule has 0 fully saturated rings. The lowest BCUT2D eigenvalue weighted by Crippen LogP contribution is -1.66. The zero-order valence-corrected chi connectivity index (χ0v) is 6.69. The van der Waals surface area contributed by atoms with E-state index in [9.17, 15) is 0 Å². The molecule has 12 heavy (non-hydrogen) atoms. The summed E-state index contributed by atoms with van der Waals surface area (Å²) >= 11 is 4.19. The predicted molar refractivity (Wildman–Crippen MR) is 43.6 cm³/mol. The van der Waals surface area contributed by atoms with Crippen molar-refractivity contribution in [3.8, 4) is 11.5 Å². The molecule has 0 aliphatic heterocycles. The first-order chi connectivity index (χ1) is 5.52. The molecule has 0 heterocycles. The Bertz CT molecular complexity index is 219. The monoisotopic (exact) mass is 190 g/mol. The molecule has 5 heteroatoms. The molecule has 0 unspecified atom stereocenters. The third-order valence-corrected chi connectivity index (χ3v) is 0.850. The maximum absolute atomic E-state index is 8.77. The maximum Gasteiger partial charge on any atom is 0.401 e. The molecule has 66 valence electrons. The quantitative estimate of drug-likeness (QED) is 0.432. The van der Waals surface area contributed by atoms with Gasteiger partial charge in [0.15, 0.2) is 0 Å². The molecule has 0 saturated carbocycles. The van der Waals surface area contributed by atoms with Crippen LogP contribution in [0.5, 0.6) is 11.5 Å². The van der Waals surface area contributed by atoms with Crippen molar-refractivity contribution >= 4 is 17.0 Å². The first kappa shape index (κ1) is 10.6. The molecule has 1 aromatic rings. The highest BCUT2D eigenvalue weighted by molar-refractivity contribution is 6.60. The maximum atomic E-state index is 8.77. The van der Waals surface area contributed by atoms with Gasteiger partial charge in [-0.3, -0.25) is 0 Å². The van der Waals surface area contributed by atoms with Crippen molar-refractivity contribution in [2.75, 3.05) is 0 Å². The number of hydrogen-bond donors (Lipinski definition) is 3. The van der Waals surface area contributed by atoms with Gasteiger partial charge in [0.2, 0.25) is 0 Å². The van der Waals surface area contributed by atoms with Crippen LogP contribution in [0.3, 0.4) is 0 Å². The Labute approximate surface area is 73.6 Å². The van der Waals surface area contributed by atoms with Gasteiger partial charge >= 0.3 is 5.43 Å². The molecule has 0 bridgehead atoms. The van der Waals surface area contributed by atoms with E-state index < -0.39 is 5.43 Å². The number of rotatable bonds is 0. The van der Waals surface area contributed by atoms with Crippen LogP contribution in [0.15, 0.2) is 24.3 Å². The average Bonchev–Trinajstić information content (AvgIpc) is 1.94. The van der Waals surface area contributed by atoms with Gasteiger partial charge in [-0.05, 0) is 24.3 Å². The van der Waals surface area contributed by atoms with E-state index in [1.165, 1.54) is 24.3 Å². The largest absolute Gasteiger partial charge is 0.508 e. The second-order valence-electron chi connectivity index (χ2n) is 1.77. The summed E-state index contributed by atoms with van der Waals surface area (Å²) in [6, 6.07) is 5.70. The van der Waals surface area contributed by atoms with Gasteiger partial charge in [0.25, 0.3) is 0 Å². The van der Waals surface area contributed by atoms with Crippen LogP contribution in [0.1, 0.15) is 0 Å². The van der Waals surface area contributed by atoms with Crippen molar-refractivity contribution in [2.24, 2.45) is 0 Å². The summed E-state index contributed by atoms with van der Waals surface area (Å²) in [5.41, 5.74) is -1.36. The number of carboxylic acid groups (broad SMARTS) is 1. The number of benzene rings is 1. The molecule has 3 N–H and O–H groups in total. The topological polar surface area (TPSA) is 77.8 Å². The smallest absolute Gasteiger partial charge is 0.401 e. The summed E-state index contributed by atoms with van der Waals surface area (Å²) in [4.78, 5) is 8.77. The lowest BCUT2D eigenvalue weighted by atomic mass is 10.3. The Morgan fingerprint density at radius 2 is 1.25 bits per heavy atom. The van der Waals surface area contributed by atoms with E-state index in [0.29, 0.717) is 0 Å². The number of carbonyl (C=O) groups is 1. The van der Waals surface area contributed by atoms with Gasteiger partial charge in [-0.25, -0.2) is 4.79 Å². The summed E-state index contributed by atoms with van der Waals surface area (Å²) in [6.45, 7) is 0. The Hall–Kier alpha value is -1.42. The predicted octanol–water partition coefficient (Wildman–Crippen LogP) is 2.00.